The van der Waals surface area contributed by atoms with E-state index in [2.05, 4.69) is 5.32 Å². The van der Waals surface area contributed by atoms with Crippen molar-refractivity contribution < 1.29 is 33.3 Å². The van der Waals surface area contributed by atoms with Gasteiger partial charge in [-0.15, -0.1) is 0 Å². The summed E-state index contributed by atoms with van der Waals surface area (Å²) in [6.07, 6.45) is 0.298. The molecule has 0 aliphatic heterocycles. The van der Waals surface area contributed by atoms with E-state index in [-0.39, 0.29) is 13.0 Å². The number of rotatable bonds is 9. The van der Waals surface area contributed by atoms with E-state index in [1.54, 1.807) is 39.1 Å². The number of aromatic nitrogens is 1. The molecule has 4 aromatic rings. The van der Waals surface area contributed by atoms with Crippen LogP contribution in [0.4, 0.5) is 9.59 Å². The van der Waals surface area contributed by atoms with E-state index in [9.17, 15) is 14.4 Å². The van der Waals surface area contributed by atoms with Gasteiger partial charge in [-0.25, -0.2) is 14.4 Å². The number of alkyl carbamates (subject to hydrolysis) is 1. The number of esters is 1. The van der Waals surface area contributed by atoms with Gasteiger partial charge in [0.15, 0.2) is 0 Å². The van der Waals surface area contributed by atoms with Crippen LogP contribution in [-0.2, 0) is 38.6 Å². The number of amides is 1. The Bertz CT molecular complexity index is 1490. The molecule has 0 spiro atoms. The van der Waals surface area contributed by atoms with Gasteiger partial charge in [0.2, 0.25) is 0 Å². The predicted octanol–water partition coefficient (Wildman–Crippen LogP) is 6.01. The van der Waals surface area contributed by atoms with Crippen molar-refractivity contribution in [2.45, 2.75) is 52.0 Å². The minimum Gasteiger partial charge on any atom is -0.489 e. The summed E-state index contributed by atoms with van der Waals surface area (Å²) in [6, 6.07) is 23.2. The van der Waals surface area contributed by atoms with Crippen LogP contribution in [0.5, 0.6) is 5.75 Å². The quantitative estimate of drug-likeness (QED) is 0.198. The zero-order valence-corrected chi connectivity index (χ0v) is 23.6. The molecule has 3 aromatic carbocycles. The molecule has 0 fully saturated rings. The van der Waals surface area contributed by atoms with Gasteiger partial charge in [0, 0.05) is 24.1 Å². The molecule has 0 saturated carbocycles. The van der Waals surface area contributed by atoms with Gasteiger partial charge in [-0.2, -0.15) is 0 Å². The normalized spacial score (nSPS) is 11.9. The summed E-state index contributed by atoms with van der Waals surface area (Å²) in [4.78, 5) is 38.4. The van der Waals surface area contributed by atoms with E-state index >= 15 is 0 Å². The van der Waals surface area contributed by atoms with Crippen molar-refractivity contribution in [1.29, 1.82) is 0 Å². The van der Waals surface area contributed by atoms with E-state index in [0.29, 0.717) is 28.8 Å². The third-order valence-electron chi connectivity index (χ3n) is 6.11. The first-order valence-electron chi connectivity index (χ1n) is 13.2. The van der Waals surface area contributed by atoms with Crippen LogP contribution in [0.1, 0.15) is 37.5 Å². The predicted molar refractivity (Wildman–Crippen MR) is 154 cm³/mol. The summed E-state index contributed by atoms with van der Waals surface area (Å²) in [5.41, 5.74) is 2.24. The van der Waals surface area contributed by atoms with Crippen LogP contribution in [0.15, 0.2) is 85.1 Å². The monoisotopic (exact) mass is 558 g/mol. The zero-order chi connectivity index (χ0) is 29.4. The number of nitrogens with zero attached hydrogens (tertiary/aromatic N) is 1. The van der Waals surface area contributed by atoms with E-state index < -0.39 is 29.8 Å². The number of carbonyl (C=O) groups is 3. The Kier molecular flexibility index (Phi) is 9.29. The molecule has 0 aliphatic carbocycles. The lowest BCUT2D eigenvalue weighted by atomic mass is 10.0. The van der Waals surface area contributed by atoms with Gasteiger partial charge in [0.25, 0.3) is 0 Å². The second-order valence-electron chi connectivity index (χ2n) is 10.4. The van der Waals surface area contributed by atoms with Crippen molar-refractivity contribution in [3.05, 3.63) is 102 Å². The first-order valence-corrected chi connectivity index (χ1v) is 13.2. The summed E-state index contributed by atoms with van der Waals surface area (Å²) in [5, 5.41) is 3.28. The van der Waals surface area contributed by atoms with Crippen molar-refractivity contribution in [2.24, 2.45) is 0 Å². The molecule has 41 heavy (non-hydrogen) atoms. The third kappa shape index (κ3) is 8.11. The fraction of sp³-hybridized carbons (Fsp3) is 0.281. The smallest absolute Gasteiger partial charge is 0.419 e. The Balaban J connectivity index is 1.59. The minimum atomic E-state index is -1.06. The first-order chi connectivity index (χ1) is 19.6. The molecule has 4 rings (SSSR count). The molecular weight excluding hydrogens is 524 g/mol. The summed E-state index contributed by atoms with van der Waals surface area (Å²) in [7, 11) is 1.24. The Labute approximate surface area is 239 Å². The van der Waals surface area contributed by atoms with Gasteiger partial charge >= 0.3 is 18.2 Å². The minimum absolute atomic E-state index is 0.0453. The van der Waals surface area contributed by atoms with Crippen molar-refractivity contribution in [1.82, 2.24) is 9.88 Å². The van der Waals surface area contributed by atoms with Crippen LogP contribution in [0.2, 0.25) is 0 Å². The number of hydrogen-bond donors (Lipinski definition) is 1. The summed E-state index contributed by atoms with van der Waals surface area (Å²) >= 11 is 0. The highest BCUT2D eigenvalue weighted by Gasteiger charge is 2.27. The van der Waals surface area contributed by atoms with Gasteiger partial charge in [0.05, 0.1) is 12.6 Å². The Morgan fingerprint density at radius 1 is 0.878 bits per heavy atom. The van der Waals surface area contributed by atoms with Crippen molar-refractivity contribution in [2.75, 3.05) is 7.11 Å². The topological polar surface area (TPSA) is 105 Å². The van der Waals surface area contributed by atoms with E-state index in [1.165, 1.54) is 11.7 Å². The molecule has 1 amide bonds. The lowest BCUT2D eigenvalue weighted by Gasteiger charge is -2.20. The number of methoxy groups -OCH3 is 1. The average molecular weight is 559 g/mol. The number of benzene rings is 3. The molecule has 9 nitrogen and oxygen atoms in total. The lowest BCUT2D eigenvalue weighted by molar-refractivity contribution is -0.143. The molecule has 9 heteroatoms. The van der Waals surface area contributed by atoms with Crippen LogP contribution in [0.25, 0.3) is 10.9 Å². The molecule has 1 atom stereocenters. The fourth-order valence-corrected chi connectivity index (χ4v) is 4.20. The standard InChI is InChI=1S/C32H34N2O7/c1-32(2,3)41-31(37)34-19-24(26-16-15-25(18-28(26)34)39-20-22-11-7-5-8-12-22)17-27(29(35)38-4)33-30(36)40-21-23-13-9-6-10-14-23/h5-16,18-19,27H,17,20-21H2,1-4H3,(H,33,36). The average Bonchev–Trinajstić information content (AvgIpc) is 3.32. The maximum Gasteiger partial charge on any atom is 0.419 e. The van der Waals surface area contributed by atoms with Gasteiger partial charge in [-0.3, -0.25) is 4.57 Å². The van der Waals surface area contributed by atoms with Gasteiger partial charge in [-0.05, 0) is 49.6 Å². The maximum absolute atomic E-state index is 13.2. The fourth-order valence-electron chi connectivity index (χ4n) is 4.20. The zero-order valence-electron chi connectivity index (χ0n) is 23.6. The first kappa shape index (κ1) is 29.2. The van der Waals surface area contributed by atoms with E-state index in [0.717, 1.165) is 11.1 Å². The molecule has 1 N–H and O–H groups in total. The lowest BCUT2D eigenvalue weighted by Crippen LogP contribution is -2.43. The van der Waals surface area contributed by atoms with Crippen molar-refractivity contribution in [3.8, 4) is 5.75 Å². The number of fused-ring (bicyclic) bond motifs is 1. The highest BCUT2D eigenvalue weighted by atomic mass is 16.6. The Hall–Kier alpha value is -4.79. The number of hydrogen-bond acceptors (Lipinski definition) is 7. The summed E-state index contributed by atoms with van der Waals surface area (Å²) in [5.74, 6) is -0.0920. The Morgan fingerprint density at radius 3 is 2.12 bits per heavy atom. The van der Waals surface area contributed by atoms with Crippen LogP contribution >= 0.6 is 0 Å². The van der Waals surface area contributed by atoms with E-state index in [4.69, 9.17) is 18.9 Å². The van der Waals surface area contributed by atoms with Crippen LogP contribution in [0, 0.1) is 0 Å². The Morgan fingerprint density at radius 2 is 1.51 bits per heavy atom. The van der Waals surface area contributed by atoms with Crippen LogP contribution in [-0.4, -0.2) is 41.5 Å². The molecule has 0 saturated heterocycles. The molecule has 214 valence electrons. The maximum atomic E-state index is 13.2. The number of ether oxygens (including phenoxy) is 4. The summed E-state index contributed by atoms with van der Waals surface area (Å²) < 4.78 is 23.2. The molecule has 1 heterocycles. The number of nitrogens with one attached hydrogen (secondary N) is 1. The highest BCUT2D eigenvalue weighted by molar-refractivity contribution is 5.93. The third-order valence-corrected chi connectivity index (χ3v) is 6.11. The van der Waals surface area contributed by atoms with Gasteiger partial charge in [-0.1, -0.05) is 60.7 Å². The second-order valence-corrected chi connectivity index (χ2v) is 10.4. The largest absolute Gasteiger partial charge is 0.489 e. The van der Waals surface area contributed by atoms with Crippen molar-refractivity contribution in [3.63, 3.8) is 0 Å². The van der Waals surface area contributed by atoms with Crippen LogP contribution < -0.4 is 10.1 Å². The molecule has 0 radical (unpaired) electrons. The molecule has 1 aromatic heterocycles. The van der Waals surface area contributed by atoms with E-state index in [1.807, 2.05) is 66.7 Å². The van der Waals surface area contributed by atoms with Crippen LogP contribution in [0.3, 0.4) is 0 Å². The van der Waals surface area contributed by atoms with Gasteiger partial charge in [0.1, 0.15) is 30.6 Å². The van der Waals surface area contributed by atoms with Crippen molar-refractivity contribution >= 4 is 29.1 Å². The molecule has 1 unspecified atom stereocenters. The molecule has 0 aliphatic rings. The summed E-state index contributed by atoms with van der Waals surface area (Å²) in [6.45, 7) is 5.74. The molecular formula is C32H34N2O7. The van der Waals surface area contributed by atoms with Gasteiger partial charge < -0.3 is 24.3 Å². The highest BCUT2D eigenvalue weighted by Crippen LogP contribution is 2.28. The SMILES string of the molecule is COC(=O)C(Cc1cn(C(=O)OC(C)(C)C)c2cc(OCc3ccccc3)ccc12)NC(=O)OCc1ccccc1. The number of carbonyl (C=O) groups excluding carboxylic acids is 3. The molecule has 0 bridgehead atoms. The second kappa shape index (κ2) is 13.0.